The number of carbonyl (C=O) groups is 1. The molecule has 0 bridgehead atoms. The minimum atomic E-state index is -4.61. The Hall–Kier alpha value is -4.16. The number of halogens is 4. The molecule has 0 unspecified atom stereocenters. The van der Waals surface area contributed by atoms with Gasteiger partial charge >= 0.3 is 6.18 Å². The Morgan fingerprint density at radius 1 is 0.976 bits per heavy atom. The lowest BCUT2D eigenvalue weighted by molar-refractivity contribution is -0.137. The van der Waals surface area contributed by atoms with Crippen molar-refractivity contribution in [1.82, 2.24) is 19.1 Å². The first-order chi connectivity index (χ1) is 19.9. The molecule has 0 saturated carbocycles. The standard InChI is InChI=1S/C30H24F4N4O3S/c1-19-2-11-26(35-16-19)28(39)29-15-20-17-36-38(24-7-5-23(31)6-8-24)27(20)14-22(29)12-13-37(18-29)42(40,41)25-9-3-21(4-10-25)30(32,33)34/h2-11,14,16-17H,12-13,15,18H2,1H3/t29-/m0/s1. The highest BCUT2D eigenvalue weighted by molar-refractivity contribution is 7.89. The molecule has 0 N–H and O–H groups in total. The highest BCUT2D eigenvalue weighted by Crippen LogP contribution is 2.47. The van der Waals surface area contributed by atoms with E-state index in [2.05, 4.69) is 10.1 Å². The molecule has 216 valence electrons. The van der Waals surface area contributed by atoms with Crippen LogP contribution < -0.4 is 0 Å². The Bertz CT molecular complexity index is 1810. The van der Waals surface area contributed by atoms with Crippen LogP contribution in [0.5, 0.6) is 0 Å². The van der Waals surface area contributed by atoms with Crippen molar-refractivity contribution in [2.24, 2.45) is 5.41 Å². The van der Waals surface area contributed by atoms with Gasteiger partial charge in [-0.15, -0.1) is 0 Å². The SMILES string of the molecule is Cc1ccc(C(=O)[C@]23Cc4cnn(-c5ccc(F)cc5)c4C=C2CCN(S(=O)(=O)c2ccc(C(F)(F)F)cc2)C3)nc1. The van der Waals surface area contributed by atoms with E-state index in [-0.39, 0.29) is 42.3 Å². The van der Waals surface area contributed by atoms with Crippen LogP contribution in [0.15, 0.2) is 83.5 Å². The molecule has 2 aromatic carbocycles. The second-order valence-corrected chi connectivity index (χ2v) is 12.5. The zero-order chi connectivity index (χ0) is 29.9. The molecule has 12 heteroatoms. The van der Waals surface area contributed by atoms with Gasteiger partial charge in [-0.25, -0.2) is 17.5 Å². The minimum absolute atomic E-state index is 0.0194. The third-order valence-corrected chi connectivity index (χ3v) is 9.71. The van der Waals surface area contributed by atoms with Gasteiger partial charge in [0, 0.05) is 19.3 Å². The van der Waals surface area contributed by atoms with Crippen LogP contribution in [0.2, 0.25) is 0 Å². The second kappa shape index (κ2) is 9.99. The van der Waals surface area contributed by atoms with Crippen LogP contribution >= 0.6 is 0 Å². The van der Waals surface area contributed by atoms with E-state index in [1.54, 1.807) is 41.3 Å². The van der Waals surface area contributed by atoms with Gasteiger partial charge in [0.25, 0.3) is 0 Å². The van der Waals surface area contributed by atoms with E-state index in [1.807, 2.05) is 13.0 Å². The summed E-state index contributed by atoms with van der Waals surface area (Å²) in [5, 5.41) is 4.47. The number of piperidine rings is 1. The number of benzene rings is 2. The van der Waals surface area contributed by atoms with Crippen molar-refractivity contribution in [3.8, 4) is 5.69 Å². The van der Waals surface area contributed by atoms with E-state index in [0.717, 1.165) is 34.1 Å². The number of sulfonamides is 1. The van der Waals surface area contributed by atoms with Crippen molar-refractivity contribution in [3.63, 3.8) is 0 Å². The molecule has 1 saturated heterocycles. The summed E-state index contributed by atoms with van der Waals surface area (Å²) >= 11 is 0. The zero-order valence-corrected chi connectivity index (χ0v) is 23.1. The average Bonchev–Trinajstić information content (AvgIpc) is 3.37. The van der Waals surface area contributed by atoms with Crippen molar-refractivity contribution >= 4 is 21.9 Å². The minimum Gasteiger partial charge on any atom is -0.291 e. The van der Waals surface area contributed by atoms with E-state index in [1.165, 1.54) is 12.1 Å². The molecule has 2 aromatic heterocycles. The fraction of sp³-hybridized carbons (Fsp3) is 0.233. The first kappa shape index (κ1) is 28.0. The number of aryl methyl sites for hydroxylation is 1. The number of nitrogens with zero attached hydrogens (tertiary/aromatic N) is 4. The summed E-state index contributed by atoms with van der Waals surface area (Å²) in [6.07, 6.45) is 0.723. The van der Waals surface area contributed by atoms with E-state index in [0.29, 0.717) is 22.5 Å². The van der Waals surface area contributed by atoms with Crippen molar-refractivity contribution in [2.45, 2.75) is 30.8 Å². The third kappa shape index (κ3) is 4.74. The number of pyridine rings is 1. The second-order valence-electron chi connectivity index (χ2n) is 10.5. The highest BCUT2D eigenvalue weighted by Gasteiger charge is 2.51. The first-order valence-electron chi connectivity index (χ1n) is 13.1. The van der Waals surface area contributed by atoms with Crippen LogP contribution in [0.25, 0.3) is 11.8 Å². The Balaban J connectivity index is 1.42. The molecule has 1 fully saturated rings. The summed E-state index contributed by atoms with van der Waals surface area (Å²) in [4.78, 5) is 18.3. The van der Waals surface area contributed by atoms with E-state index < -0.39 is 33.0 Å². The molecular formula is C30H24F4N4O3S. The van der Waals surface area contributed by atoms with E-state index in [9.17, 15) is 30.8 Å². The Labute approximate surface area is 239 Å². The molecular weight excluding hydrogens is 572 g/mol. The number of fused-ring (bicyclic) bond motifs is 2. The zero-order valence-electron chi connectivity index (χ0n) is 22.3. The predicted octanol–water partition coefficient (Wildman–Crippen LogP) is 5.64. The molecule has 1 atom stereocenters. The lowest BCUT2D eigenvalue weighted by Gasteiger charge is -2.44. The highest BCUT2D eigenvalue weighted by atomic mass is 32.2. The van der Waals surface area contributed by atoms with Gasteiger partial charge in [-0.1, -0.05) is 11.6 Å². The molecule has 42 heavy (non-hydrogen) atoms. The molecule has 1 aliphatic heterocycles. The Morgan fingerprint density at radius 3 is 2.33 bits per heavy atom. The smallest absolute Gasteiger partial charge is 0.291 e. The number of alkyl halides is 3. The van der Waals surface area contributed by atoms with Crippen LogP contribution in [0.4, 0.5) is 17.6 Å². The van der Waals surface area contributed by atoms with Crippen molar-refractivity contribution in [1.29, 1.82) is 0 Å². The fourth-order valence-electron chi connectivity index (χ4n) is 5.62. The largest absolute Gasteiger partial charge is 0.416 e. The molecule has 0 amide bonds. The van der Waals surface area contributed by atoms with Crippen LogP contribution in [-0.2, 0) is 22.6 Å². The van der Waals surface area contributed by atoms with Gasteiger partial charge in [-0.05, 0) is 91.6 Å². The molecule has 3 heterocycles. The van der Waals surface area contributed by atoms with Crippen molar-refractivity contribution < 1.29 is 30.8 Å². The number of rotatable bonds is 5. The van der Waals surface area contributed by atoms with Crippen molar-refractivity contribution in [3.05, 3.63) is 113 Å². The molecule has 0 radical (unpaired) electrons. The fourth-order valence-corrected chi connectivity index (χ4v) is 7.12. The van der Waals surface area contributed by atoms with E-state index >= 15 is 0 Å². The summed E-state index contributed by atoms with van der Waals surface area (Å²) < 4.78 is 83.0. The molecule has 4 aromatic rings. The van der Waals surface area contributed by atoms with Crippen LogP contribution in [0, 0.1) is 18.2 Å². The molecule has 0 spiro atoms. The van der Waals surface area contributed by atoms with E-state index in [4.69, 9.17) is 0 Å². The molecule has 7 nitrogen and oxygen atoms in total. The van der Waals surface area contributed by atoms with Crippen LogP contribution in [0.1, 0.15) is 39.3 Å². The Morgan fingerprint density at radius 2 is 1.69 bits per heavy atom. The monoisotopic (exact) mass is 596 g/mol. The number of Topliss-reactive ketones (excluding diaryl/α,β-unsaturated/α-hetero) is 1. The molecule has 1 aliphatic carbocycles. The molecule has 2 aliphatic rings. The maximum atomic E-state index is 14.2. The summed E-state index contributed by atoms with van der Waals surface area (Å²) in [6.45, 7) is 1.63. The first-order valence-corrected chi connectivity index (χ1v) is 14.5. The van der Waals surface area contributed by atoms with Gasteiger partial charge in [0.2, 0.25) is 10.0 Å². The van der Waals surface area contributed by atoms with Crippen LogP contribution in [-0.4, -0.2) is 46.4 Å². The summed E-state index contributed by atoms with van der Waals surface area (Å²) in [6, 6.07) is 12.5. The maximum absolute atomic E-state index is 14.2. The predicted molar refractivity (Wildman–Crippen MR) is 146 cm³/mol. The van der Waals surface area contributed by atoms with Crippen molar-refractivity contribution in [2.75, 3.05) is 13.1 Å². The quantitative estimate of drug-likeness (QED) is 0.220. The van der Waals surface area contributed by atoms with Gasteiger partial charge in [-0.2, -0.15) is 22.6 Å². The normalized spacial score (nSPS) is 19.1. The Kier molecular flexibility index (Phi) is 6.65. The number of ketones is 1. The lowest BCUT2D eigenvalue weighted by atomic mass is 9.65. The number of aromatic nitrogens is 3. The van der Waals surface area contributed by atoms with Gasteiger partial charge in [0.1, 0.15) is 11.5 Å². The van der Waals surface area contributed by atoms with Gasteiger partial charge in [0.15, 0.2) is 5.78 Å². The van der Waals surface area contributed by atoms with Gasteiger partial charge in [0.05, 0.1) is 33.5 Å². The van der Waals surface area contributed by atoms with Gasteiger partial charge in [-0.3, -0.25) is 9.78 Å². The summed E-state index contributed by atoms with van der Waals surface area (Å²) in [7, 11) is -4.24. The summed E-state index contributed by atoms with van der Waals surface area (Å²) in [5.41, 5.74) is 1.47. The maximum Gasteiger partial charge on any atom is 0.416 e. The number of hydrogen-bond acceptors (Lipinski definition) is 5. The van der Waals surface area contributed by atoms with Gasteiger partial charge < -0.3 is 0 Å². The number of carbonyl (C=O) groups excluding carboxylic acids is 1. The molecule has 6 rings (SSSR count). The van der Waals surface area contributed by atoms with Crippen LogP contribution in [0.3, 0.4) is 0 Å². The average molecular weight is 597 g/mol. The summed E-state index contributed by atoms with van der Waals surface area (Å²) in [5.74, 6) is -0.754. The number of hydrogen-bond donors (Lipinski definition) is 0. The topological polar surface area (TPSA) is 85.2 Å². The lowest BCUT2D eigenvalue weighted by Crippen LogP contribution is -2.53. The third-order valence-electron chi connectivity index (χ3n) is 7.85.